The summed E-state index contributed by atoms with van der Waals surface area (Å²) in [6.45, 7) is 4.56. The fourth-order valence-electron chi connectivity index (χ4n) is 3.10. The zero-order chi connectivity index (χ0) is 10.6. The number of aryl methyl sites for hydroxylation is 2. The first-order valence-corrected chi connectivity index (χ1v) is 6.02. The van der Waals surface area contributed by atoms with Gasteiger partial charge in [0.25, 0.3) is 0 Å². The van der Waals surface area contributed by atoms with Crippen LogP contribution in [0.25, 0.3) is 5.57 Å². The third-order valence-electron chi connectivity index (χ3n) is 4.38. The van der Waals surface area contributed by atoms with Crippen LogP contribution in [0.15, 0.2) is 17.7 Å². The SMILES string of the molecule is [Li][CH]1C(C)=C(C)c2cc3c(cc21)CCC3. The Morgan fingerprint density at radius 2 is 1.80 bits per heavy atom. The normalized spacial score (nSPS) is 23.3. The van der Waals surface area contributed by atoms with Crippen molar-refractivity contribution >= 4 is 23.3 Å². The molecule has 0 saturated carbocycles. The third kappa shape index (κ3) is 1.28. The van der Waals surface area contributed by atoms with Gasteiger partial charge in [-0.3, -0.25) is 0 Å². The molecule has 72 valence electrons. The Morgan fingerprint density at radius 3 is 2.53 bits per heavy atom. The molecule has 1 aromatic carbocycles. The maximum atomic E-state index is 2.47. The Labute approximate surface area is 101 Å². The zero-order valence-electron chi connectivity index (χ0n) is 9.85. The van der Waals surface area contributed by atoms with E-state index in [1.807, 2.05) is 0 Å². The number of hydrogen-bond donors (Lipinski definition) is 0. The monoisotopic (exact) mass is 190 g/mol. The van der Waals surface area contributed by atoms with Crippen molar-refractivity contribution in [3.8, 4) is 0 Å². The third-order valence-corrected chi connectivity index (χ3v) is 4.38. The topological polar surface area (TPSA) is 0 Å². The molecule has 0 nitrogen and oxygen atoms in total. The van der Waals surface area contributed by atoms with Gasteiger partial charge in [-0.1, -0.05) is 0 Å². The molecule has 0 amide bonds. The average molecular weight is 190 g/mol. The van der Waals surface area contributed by atoms with Crippen LogP contribution < -0.4 is 0 Å². The van der Waals surface area contributed by atoms with Crippen molar-refractivity contribution in [3.05, 3.63) is 40.0 Å². The Kier molecular flexibility index (Phi) is 2.13. The van der Waals surface area contributed by atoms with Gasteiger partial charge in [-0.25, -0.2) is 0 Å². The van der Waals surface area contributed by atoms with E-state index in [1.54, 1.807) is 22.3 Å². The fraction of sp³-hybridized carbons (Fsp3) is 0.429. The van der Waals surface area contributed by atoms with Crippen LogP contribution in [0.3, 0.4) is 0 Å². The van der Waals surface area contributed by atoms with Gasteiger partial charge in [0.15, 0.2) is 0 Å². The summed E-state index contributed by atoms with van der Waals surface area (Å²) in [4.78, 5) is 0. The van der Waals surface area contributed by atoms with E-state index in [2.05, 4.69) is 43.7 Å². The molecule has 1 atom stereocenters. The molecule has 0 fully saturated rings. The van der Waals surface area contributed by atoms with E-state index in [1.165, 1.54) is 30.4 Å². The van der Waals surface area contributed by atoms with Gasteiger partial charge in [0.1, 0.15) is 0 Å². The molecule has 0 radical (unpaired) electrons. The summed E-state index contributed by atoms with van der Waals surface area (Å²) >= 11 is 2.34. The van der Waals surface area contributed by atoms with E-state index in [9.17, 15) is 0 Å². The van der Waals surface area contributed by atoms with Gasteiger partial charge in [0.2, 0.25) is 0 Å². The van der Waals surface area contributed by atoms with Gasteiger partial charge < -0.3 is 0 Å². The first kappa shape index (κ1) is 9.76. The Bertz CT molecular complexity index is 468. The molecule has 1 aromatic rings. The van der Waals surface area contributed by atoms with Gasteiger partial charge >= 0.3 is 101 Å². The van der Waals surface area contributed by atoms with E-state index in [0.717, 1.165) is 0 Å². The number of hydrogen-bond acceptors (Lipinski definition) is 0. The number of allylic oxidation sites excluding steroid dienone is 2. The van der Waals surface area contributed by atoms with Gasteiger partial charge in [0.05, 0.1) is 0 Å². The van der Waals surface area contributed by atoms with Crippen molar-refractivity contribution < 1.29 is 0 Å². The molecule has 0 saturated heterocycles. The van der Waals surface area contributed by atoms with E-state index in [-0.39, 0.29) is 0 Å². The van der Waals surface area contributed by atoms with Crippen molar-refractivity contribution in [2.75, 3.05) is 0 Å². The van der Waals surface area contributed by atoms with E-state index in [0.29, 0.717) is 4.59 Å². The number of benzene rings is 1. The van der Waals surface area contributed by atoms with Crippen molar-refractivity contribution in [2.24, 2.45) is 0 Å². The zero-order valence-corrected chi connectivity index (χ0v) is 9.85. The van der Waals surface area contributed by atoms with Gasteiger partial charge in [-0.15, -0.1) is 0 Å². The molecule has 2 aliphatic carbocycles. The van der Waals surface area contributed by atoms with Gasteiger partial charge in [-0.05, 0) is 0 Å². The summed E-state index contributed by atoms with van der Waals surface area (Å²) in [6.07, 6.45) is 3.95. The average Bonchev–Trinajstić information content (AvgIpc) is 2.77. The molecule has 0 bridgehead atoms. The Morgan fingerprint density at radius 1 is 1.13 bits per heavy atom. The molecule has 0 spiro atoms. The molecular weight excluding hydrogens is 175 g/mol. The molecule has 1 heteroatoms. The molecule has 0 aromatic heterocycles. The molecule has 1 unspecified atom stereocenters. The Balaban J connectivity index is 2.23. The summed E-state index contributed by atoms with van der Waals surface area (Å²) in [6, 6.07) is 4.93. The molecule has 0 N–H and O–H groups in total. The van der Waals surface area contributed by atoms with E-state index in [4.69, 9.17) is 0 Å². The molecular formula is C14H15Li. The second-order valence-electron chi connectivity index (χ2n) is 5.09. The number of rotatable bonds is 0. The number of fused-ring (bicyclic) bond motifs is 2. The molecule has 15 heavy (non-hydrogen) atoms. The standard InChI is InChI=1S/C14H15.Li/c1-9-6-13-7-11-4-3-5-12(11)8-14(13)10(9)2;/h6-8H,3-5H2,1-2H3;. The van der Waals surface area contributed by atoms with Crippen LogP contribution in [-0.4, -0.2) is 17.7 Å². The minimum atomic E-state index is 0.644. The second kappa shape index (κ2) is 3.27. The van der Waals surface area contributed by atoms with Crippen LogP contribution in [0.4, 0.5) is 0 Å². The summed E-state index contributed by atoms with van der Waals surface area (Å²) in [5.74, 6) is 0. The van der Waals surface area contributed by atoms with Crippen molar-refractivity contribution in [1.82, 2.24) is 0 Å². The molecule has 3 rings (SSSR count). The fourth-order valence-corrected chi connectivity index (χ4v) is 3.10. The van der Waals surface area contributed by atoms with Gasteiger partial charge in [-0.2, -0.15) is 0 Å². The maximum absolute atomic E-state index is 2.47. The molecule has 0 aliphatic heterocycles. The van der Waals surface area contributed by atoms with E-state index >= 15 is 0 Å². The van der Waals surface area contributed by atoms with Gasteiger partial charge in [0, 0.05) is 0 Å². The van der Waals surface area contributed by atoms with Crippen LogP contribution in [-0.2, 0) is 12.8 Å². The Hall–Kier alpha value is -0.443. The minimum absolute atomic E-state index is 0.644. The van der Waals surface area contributed by atoms with Crippen LogP contribution in [0, 0.1) is 0 Å². The van der Waals surface area contributed by atoms with Crippen molar-refractivity contribution in [2.45, 2.75) is 37.7 Å². The summed E-state index contributed by atoms with van der Waals surface area (Å²) in [7, 11) is 0. The van der Waals surface area contributed by atoms with Crippen molar-refractivity contribution in [1.29, 1.82) is 0 Å². The summed E-state index contributed by atoms with van der Waals surface area (Å²) in [5, 5.41) is 0. The van der Waals surface area contributed by atoms with Crippen molar-refractivity contribution in [3.63, 3.8) is 0 Å². The molecule has 0 heterocycles. The van der Waals surface area contributed by atoms with Crippen LogP contribution in [0.1, 0.15) is 47.1 Å². The first-order valence-electron chi connectivity index (χ1n) is 6.02. The quantitative estimate of drug-likeness (QED) is 0.551. The second-order valence-corrected chi connectivity index (χ2v) is 5.09. The predicted octanol–water partition coefficient (Wildman–Crippen LogP) is 3.19. The van der Waals surface area contributed by atoms with Crippen LogP contribution in [0.2, 0.25) is 0 Å². The van der Waals surface area contributed by atoms with Crippen LogP contribution >= 0.6 is 0 Å². The summed E-state index contributed by atoms with van der Waals surface area (Å²) in [5.41, 5.74) is 9.41. The predicted molar refractivity (Wildman–Crippen MR) is 65.2 cm³/mol. The first-order chi connectivity index (χ1) is 7.18. The van der Waals surface area contributed by atoms with E-state index < -0.39 is 0 Å². The van der Waals surface area contributed by atoms with Crippen LogP contribution in [0.5, 0.6) is 0 Å². The summed E-state index contributed by atoms with van der Waals surface area (Å²) < 4.78 is 0.644. The molecule has 2 aliphatic rings.